The van der Waals surface area contributed by atoms with Crippen molar-refractivity contribution in [2.24, 2.45) is 0 Å². The normalized spacial score (nSPS) is 13.5. The lowest BCUT2D eigenvalue weighted by atomic mass is 9.82. The van der Waals surface area contributed by atoms with Gasteiger partial charge in [-0.05, 0) is 34.9 Å². The second-order valence-electron chi connectivity index (χ2n) is 12.8. The first-order valence-electron chi connectivity index (χ1n) is 16.0. The monoisotopic (exact) mass is 604 g/mol. The summed E-state index contributed by atoms with van der Waals surface area (Å²) in [5.41, 5.74) is 10.5. The number of para-hydroxylation sites is 3. The lowest BCUT2D eigenvalue weighted by molar-refractivity contribution is 0.660. The predicted molar refractivity (Wildman–Crippen MR) is 190 cm³/mol. The Hall–Kier alpha value is -6.07. The summed E-state index contributed by atoms with van der Waals surface area (Å²) < 4.78 is 8.72. The summed E-state index contributed by atoms with van der Waals surface area (Å²) in [6.45, 7) is 4.64. The molecular weight excluding hydrogens is 576 g/mol. The van der Waals surface area contributed by atoms with Crippen molar-refractivity contribution in [2.45, 2.75) is 19.3 Å². The van der Waals surface area contributed by atoms with Crippen LogP contribution in [0.2, 0.25) is 0 Å². The topological polar surface area (TPSA) is 56.7 Å². The highest BCUT2D eigenvalue weighted by atomic mass is 16.3. The zero-order chi connectivity index (χ0) is 31.3. The van der Waals surface area contributed by atoms with Crippen LogP contribution in [-0.4, -0.2) is 19.5 Å². The summed E-state index contributed by atoms with van der Waals surface area (Å²) in [4.78, 5) is 15.6. The number of fused-ring (bicyclic) bond motifs is 10. The molecule has 9 aromatic rings. The average molecular weight is 605 g/mol. The first-order valence-corrected chi connectivity index (χ1v) is 16.0. The molecule has 0 amide bonds. The largest absolute Gasteiger partial charge is 0.455 e. The van der Waals surface area contributed by atoms with Gasteiger partial charge in [0.05, 0.1) is 16.6 Å². The Bertz CT molecular complexity index is 2720. The van der Waals surface area contributed by atoms with Gasteiger partial charge in [0, 0.05) is 38.1 Å². The molecule has 47 heavy (non-hydrogen) atoms. The Morgan fingerprint density at radius 3 is 2.13 bits per heavy atom. The molecule has 0 radical (unpaired) electrons. The molecule has 10 rings (SSSR count). The Labute approximate surface area is 270 Å². The molecule has 0 spiro atoms. The fourth-order valence-corrected chi connectivity index (χ4v) is 7.67. The summed E-state index contributed by atoms with van der Waals surface area (Å²) >= 11 is 0. The van der Waals surface area contributed by atoms with Crippen molar-refractivity contribution in [2.75, 3.05) is 0 Å². The zero-order valence-electron chi connectivity index (χ0n) is 25.9. The van der Waals surface area contributed by atoms with E-state index >= 15 is 0 Å². The average Bonchev–Trinajstić information content (AvgIpc) is 3.74. The lowest BCUT2D eigenvalue weighted by Gasteiger charge is -2.21. The van der Waals surface area contributed by atoms with Gasteiger partial charge < -0.3 is 4.42 Å². The lowest BCUT2D eigenvalue weighted by Crippen LogP contribution is -2.14. The summed E-state index contributed by atoms with van der Waals surface area (Å²) in [5.74, 6) is 1.75. The van der Waals surface area contributed by atoms with Crippen LogP contribution in [0.3, 0.4) is 0 Å². The highest BCUT2D eigenvalue weighted by Crippen LogP contribution is 2.52. The van der Waals surface area contributed by atoms with Crippen LogP contribution in [0.15, 0.2) is 138 Å². The number of hydrogen-bond acceptors (Lipinski definition) is 4. The molecule has 0 fully saturated rings. The van der Waals surface area contributed by atoms with Gasteiger partial charge in [-0.2, -0.15) is 9.97 Å². The van der Waals surface area contributed by atoms with Crippen LogP contribution in [0.25, 0.3) is 83.6 Å². The zero-order valence-corrected chi connectivity index (χ0v) is 25.9. The minimum absolute atomic E-state index is 0.141. The number of nitrogens with zero attached hydrogens (tertiary/aromatic N) is 4. The van der Waals surface area contributed by atoms with Crippen molar-refractivity contribution in [3.63, 3.8) is 0 Å². The molecule has 222 valence electrons. The van der Waals surface area contributed by atoms with Crippen molar-refractivity contribution in [1.29, 1.82) is 0 Å². The van der Waals surface area contributed by atoms with Crippen LogP contribution in [0.5, 0.6) is 0 Å². The van der Waals surface area contributed by atoms with E-state index in [4.69, 9.17) is 19.4 Å². The predicted octanol–water partition coefficient (Wildman–Crippen LogP) is 10.5. The Balaban J connectivity index is 1.34. The number of benzene rings is 6. The van der Waals surface area contributed by atoms with Crippen molar-refractivity contribution >= 4 is 43.7 Å². The molecule has 0 aliphatic heterocycles. The van der Waals surface area contributed by atoms with Crippen LogP contribution in [-0.2, 0) is 5.41 Å². The fraction of sp³-hybridized carbons (Fsp3) is 0.0714. The molecule has 6 aromatic carbocycles. The van der Waals surface area contributed by atoms with Crippen LogP contribution >= 0.6 is 0 Å². The smallest absolute Gasteiger partial charge is 0.238 e. The second kappa shape index (κ2) is 9.47. The molecule has 1 aliphatic carbocycles. The third-order valence-corrected chi connectivity index (χ3v) is 9.88. The van der Waals surface area contributed by atoms with E-state index in [9.17, 15) is 0 Å². The molecule has 0 saturated heterocycles. The van der Waals surface area contributed by atoms with Gasteiger partial charge in [-0.1, -0.05) is 129 Å². The number of furan rings is 1. The van der Waals surface area contributed by atoms with E-state index in [0.29, 0.717) is 17.6 Å². The molecule has 1 aliphatic rings. The maximum atomic E-state index is 6.47. The number of hydrogen-bond donors (Lipinski definition) is 0. The van der Waals surface area contributed by atoms with Gasteiger partial charge in [-0.15, -0.1) is 0 Å². The van der Waals surface area contributed by atoms with E-state index < -0.39 is 0 Å². The summed E-state index contributed by atoms with van der Waals surface area (Å²) in [6.07, 6.45) is 0. The van der Waals surface area contributed by atoms with Crippen LogP contribution in [0, 0.1) is 0 Å². The first-order chi connectivity index (χ1) is 23.1. The summed E-state index contributed by atoms with van der Waals surface area (Å²) in [5, 5.41) is 4.44. The van der Waals surface area contributed by atoms with E-state index in [1.54, 1.807) is 0 Å². The van der Waals surface area contributed by atoms with E-state index in [2.05, 4.69) is 97.3 Å². The van der Waals surface area contributed by atoms with Gasteiger partial charge in [0.2, 0.25) is 5.95 Å². The molecule has 0 N–H and O–H groups in total. The van der Waals surface area contributed by atoms with Crippen molar-refractivity contribution in [3.8, 4) is 39.9 Å². The maximum absolute atomic E-state index is 6.47. The molecule has 3 aromatic heterocycles. The van der Waals surface area contributed by atoms with E-state index in [0.717, 1.165) is 49.5 Å². The van der Waals surface area contributed by atoms with Gasteiger partial charge in [0.15, 0.2) is 11.6 Å². The molecule has 5 nitrogen and oxygen atoms in total. The van der Waals surface area contributed by atoms with Gasteiger partial charge in [0.25, 0.3) is 0 Å². The van der Waals surface area contributed by atoms with Gasteiger partial charge >= 0.3 is 0 Å². The SMILES string of the molecule is CC1(C)c2ccccc2-c2c1ccc1c3ccccc3n(-c3nc(-c4ccccc4)nc(-c4cccc5c4oc4ccccc45)n3)c21. The Morgan fingerprint density at radius 1 is 0.532 bits per heavy atom. The highest BCUT2D eigenvalue weighted by molar-refractivity contribution is 6.15. The summed E-state index contributed by atoms with van der Waals surface area (Å²) in [7, 11) is 0. The molecule has 0 unspecified atom stereocenters. The minimum Gasteiger partial charge on any atom is -0.455 e. The van der Waals surface area contributed by atoms with Crippen molar-refractivity contribution in [3.05, 3.63) is 145 Å². The fourth-order valence-electron chi connectivity index (χ4n) is 7.67. The molecule has 0 bridgehead atoms. The third kappa shape index (κ3) is 3.62. The van der Waals surface area contributed by atoms with E-state index in [1.165, 1.54) is 27.6 Å². The molecule has 0 atom stereocenters. The van der Waals surface area contributed by atoms with Gasteiger partial charge in [0.1, 0.15) is 11.2 Å². The quantitative estimate of drug-likeness (QED) is 0.201. The minimum atomic E-state index is -0.141. The molecule has 3 heterocycles. The van der Waals surface area contributed by atoms with E-state index in [1.807, 2.05) is 54.6 Å². The molecule has 5 heteroatoms. The third-order valence-electron chi connectivity index (χ3n) is 9.88. The van der Waals surface area contributed by atoms with E-state index in [-0.39, 0.29) is 5.41 Å². The number of rotatable bonds is 3. The van der Waals surface area contributed by atoms with Crippen LogP contribution in [0.1, 0.15) is 25.0 Å². The Kier molecular flexibility index (Phi) is 5.28. The van der Waals surface area contributed by atoms with Crippen molar-refractivity contribution < 1.29 is 4.42 Å². The first kappa shape index (κ1) is 26.2. The molecular formula is C42H28N4O. The number of aromatic nitrogens is 4. The molecule has 0 saturated carbocycles. The standard InChI is InChI=1S/C42H28N4O/c1-42(2)32-20-9-6-17-30(32)36-33(42)24-23-28-26-15-7-10-21-34(26)46(37(28)36)41-44-39(25-13-4-3-5-14-25)43-40(45-41)31-19-12-18-29-27-16-8-11-22-35(27)47-38(29)31/h3-24H,1-2H3. The van der Waals surface area contributed by atoms with Gasteiger partial charge in [-0.3, -0.25) is 4.57 Å². The van der Waals surface area contributed by atoms with Crippen molar-refractivity contribution in [1.82, 2.24) is 19.5 Å². The summed E-state index contributed by atoms with van der Waals surface area (Å²) in [6, 6.07) is 46.4. The van der Waals surface area contributed by atoms with Gasteiger partial charge in [-0.25, -0.2) is 4.98 Å². The highest BCUT2D eigenvalue weighted by Gasteiger charge is 2.37. The maximum Gasteiger partial charge on any atom is 0.238 e. The van der Waals surface area contributed by atoms with Crippen LogP contribution < -0.4 is 0 Å². The Morgan fingerprint density at radius 2 is 1.23 bits per heavy atom. The van der Waals surface area contributed by atoms with Crippen LogP contribution in [0.4, 0.5) is 0 Å². The second-order valence-corrected chi connectivity index (χ2v) is 12.8.